The summed E-state index contributed by atoms with van der Waals surface area (Å²) < 4.78 is 0. The molecule has 1 saturated heterocycles. The Morgan fingerprint density at radius 1 is 1.57 bits per heavy atom. The fourth-order valence-corrected chi connectivity index (χ4v) is 1.62. The number of amides is 2. The van der Waals surface area contributed by atoms with E-state index in [1.54, 1.807) is 11.9 Å². The lowest BCUT2D eigenvalue weighted by Gasteiger charge is -2.22. The Balaban J connectivity index is 0.00000169. The molecule has 0 aliphatic carbocycles. The number of nitrogens with one attached hydrogen (secondary N) is 1. The molecule has 1 aliphatic heterocycles. The molecular weight excluding hydrogens is 206 g/mol. The Morgan fingerprint density at radius 3 is 2.71 bits per heavy atom. The van der Waals surface area contributed by atoms with Gasteiger partial charge in [0.1, 0.15) is 6.04 Å². The normalized spacial score (nSPS) is 20.1. The van der Waals surface area contributed by atoms with Crippen molar-refractivity contribution in [2.45, 2.75) is 18.9 Å². The standard InChI is InChI=1S/C8H15N3O2.ClH/c1-10-8(13)6-3-2-4-11(6)7(12)5-9;/h6H,2-5,9H2,1H3,(H,10,13);1H/t6-;/m0./s1. The summed E-state index contributed by atoms with van der Waals surface area (Å²) in [7, 11) is 1.58. The van der Waals surface area contributed by atoms with Gasteiger partial charge in [-0.05, 0) is 12.8 Å². The number of hydrogen-bond donors (Lipinski definition) is 2. The second kappa shape index (κ2) is 5.82. The minimum Gasteiger partial charge on any atom is -0.357 e. The highest BCUT2D eigenvalue weighted by Gasteiger charge is 2.32. The van der Waals surface area contributed by atoms with Gasteiger partial charge in [0.15, 0.2) is 0 Å². The molecule has 0 aromatic heterocycles. The van der Waals surface area contributed by atoms with E-state index in [1.807, 2.05) is 0 Å². The van der Waals surface area contributed by atoms with Crippen molar-refractivity contribution >= 4 is 24.2 Å². The summed E-state index contributed by atoms with van der Waals surface area (Å²) in [5.74, 6) is -0.245. The van der Waals surface area contributed by atoms with Gasteiger partial charge in [0.2, 0.25) is 11.8 Å². The summed E-state index contributed by atoms with van der Waals surface area (Å²) in [6, 6.07) is -0.305. The van der Waals surface area contributed by atoms with Gasteiger partial charge in [-0.3, -0.25) is 9.59 Å². The van der Waals surface area contributed by atoms with Gasteiger partial charge in [0, 0.05) is 13.6 Å². The monoisotopic (exact) mass is 221 g/mol. The Bertz CT molecular complexity index is 201. The van der Waals surface area contributed by atoms with Crippen LogP contribution in [0.15, 0.2) is 0 Å². The molecule has 1 aliphatic rings. The van der Waals surface area contributed by atoms with Gasteiger partial charge < -0.3 is 16.0 Å². The molecule has 82 valence electrons. The third kappa shape index (κ3) is 2.59. The van der Waals surface area contributed by atoms with E-state index < -0.39 is 0 Å². The summed E-state index contributed by atoms with van der Waals surface area (Å²) in [6.45, 7) is 0.627. The highest BCUT2D eigenvalue weighted by Crippen LogP contribution is 2.16. The molecule has 0 radical (unpaired) electrons. The van der Waals surface area contributed by atoms with Crippen molar-refractivity contribution in [2.24, 2.45) is 5.73 Å². The number of halogens is 1. The maximum Gasteiger partial charge on any atom is 0.242 e. The van der Waals surface area contributed by atoms with Gasteiger partial charge in [-0.1, -0.05) is 0 Å². The van der Waals surface area contributed by atoms with Crippen molar-refractivity contribution in [1.29, 1.82) is 0 Å². The molecule has 2 amide bonds. The molecule has 1 rings (SSSR count). The minimum absolute atomic E-state index is 0. The van der Waals surface area contributed by atoms with E-state index in [2.05, 4.69) is 5.32 Å². The topological polar surface area (TPSA) is 75.4 Å². The van der Waals surface area contributed by atoms with Crippen LogP contribution in [-0.2, 0) is 9.59 Å². The molecular formula is C8H16ClN3O2. The quantitative estimate of drug-likeness (QED) is 0.635. The Kier molecular flexibility index (Phi) is 5.49. The first-order valence-corrected chi connectivity index (χ1v) is 4.42. The molecule has 1 atom stereocenters. The van der Waals surface area contributed by atoms with Gasteiger partial charge in [-0.15, -0.1) is 12.4 Å². The first kappa shape index (κ1) is 13.2. The van der Waals surface area contributed by atoms with Crippen LogP contribution < -0.4 is 11.1 Å². The van der Waals surface area contributed by atoms with E-state index in [9.17, 15) is 9.59 Å². The third-order valence-corrected chi connectivity index (χ3v) is 2.30. The van der Waals surface area contributed by atoms with Crippen LogP contribution in [0.5, 0.6) is 0 Å². The van der Waals surface area contributed by atoms with E-state index in [-0.39, 0.29) is 36.8 Å². The van der Waals surface area contributed by atoms with E-state index in [1.165, 1.54) is 0 Å². The average molecular weight is 222 g/mol. The van der Waals surface area contributed by atoms with E-state index in [0.29, 0.717) is 6.54 Å². The van der Waals surface area contributed by atoms with Crippen LogP contribution in [-0.4, -0.2) is 42.9 Å². The van der Waals surface area contributed by atoms with E-state index >= 15 is 0 Å². The lowest BCUT2D eigenvalue weighted by molar-refractivity contribution is -0.137. The second-order valence-corrected chi connectivity index (χ2v) is 3.06. The Labute approximate surface area is 89.4 Å². The maximum absolute atomic E-state index is 11.3. The molecule has 14 heavy (non-hydrogen) atoms. The van der Waals surface area contributed by atoms with Gasteiger partial charge in [0.25, 0.3) is 0 Å². The number of hydrogen-bond acceptors (Lipinski definition) is 3. The van der Waals surface area contributed by atoms with Crippen molar-refractivity contribution in [3.8, 4) is 0 Å². The van der Waals surface area contributed by atoms with Gasteiger partial charge in [0.05, 0.1) is 6.54 Å². The summed E-state index contributed by atoms with van der Waals surface area (Å²) in [5, 5.41) is 2.54. The van der Waals surface area contributed by atoms with Gasteiger partial charge >= 0.3 is 0 Å². The molecule has 3 N–H and O–H groups in total. The van der Waals surface area contributed by atoms with E-state index in [4.69, 9.17) is 5.73 Å². The predicted octanol–water partition coefficient (Wildman–Crippen LogP) is -0.896. The van der Waals surface area contributed by atoms with Crippen molar-refractivity contribution in [3.05, 3.63) is 0 Å². The van der Waals surface area contributed by atoms with E-state index in [0.717, 1.165) is 12.8 Å². The molecule has 6 heteroatoms. The molecule has 0 bridgehead atoms. The summed E-state index contributed by atoms with van der Waals surface area (Å²) in [6.07, 6.45) is 1.62. The van der Waals surface area contributed by atoms with Crippen LogP contribution in [0.25, 0.3) is 0 Å². The van der Waals surface area contributed by atoms with Crippen LogP contribution in [0.2, 0.25) is 0 Å². The number of nitrogens with two attached hydrogens (primary N) is 1. The van der Waals surface area contributed by atoms with Crippen LogP contribution >= 0.6 is 12.4 Å². The average Bonchev–Trinajstić information content (AvgIpc) is 2.63. The van der Waals surface area contributed by atoms with Crippen LogP contribution in [0.1, 0.15) is 12.8 Å². The summed E-state index contributed by atoms with van der Waals surface area (Å²) >= 11 is 0. The van der Waals surface area contributed by atoms with Crippen molar-refractivity contribution in [2.75, 3.05) is 20.1 Å². The lowest BCUT2D eigenvalue weighted by atomic mass is 10.2. The lowest BCUT2D eigenvalue weighted by Crippen LogP contribution is -2.46. The minimum atomic E-state index is -0.305. The van der Waals surface area contributed by atoms with Crippen LogP contribution in [0.4, 0.5) is 0 Å². The zero-order valence-electron chi connectivity index (χ0n) is 8.16. The largest absolute Gasteiger partial charge is 0.357 e. The van der Waals surface area contributed by atoms with Gasteiger partial charge in [-0.2, -0.15) is 0 Å². The molecule has 0 saturated carbocycles. The number of carbonyl (C=O) groups excluding carboxylic acids is 2. The molecule has 1 fully saturated rings. The number of likely N-dealkylation sites (tertiary alicyclic amines) is 1. The molecule has 0 spiro atoms. The predicted molar refractivity (Wildman–Crippen MR) is 55.1 cm³/mol. The second-order valence-electron chi connectivity index (χ2n) is 3.06. The fraction of sp³-hybridized carbons (Fsp3) is 0.750. The summed E-state index contributed by atoms with van der Waals surface area (Å²) in [5.41, 5.74) is 5.23. The highest BCUT2D eigenvalue weighted by molar-refractivity contribution is 5.88. The zero-order valence-corrected chi connectivity index (χ0v) is 8.97. The van der Waals surface area contributed by atoms with Crippen LogP contribution in [0.3, 0.4) is 0 Å². The zero-order chi connectivity index (χ0) is 9.84. The SMILES string of the molecule is CNC(=O)[C@@H]1CCCN1C(=O)CN.Cl. The Hall–Kier alpha value is -0.810. The number of carbonyl (C=O) groups is 2. The van der Waals surface area contributed by atoms with Crippen LogP contribution in [0, 0.1) is 0 Å². The smallest absolute Gasteiger partial charge is 0.242 e. The van der Waals surface area contributed by atoms with Crippen molar-refractivity contribution in [3.63, 3.8) is 0 Å². The molecule has 5 nitrogen and oxygen atoms in total. The molecule has 0 aromatic carbocycles. The first-order valence-electron chi connectivity index (χ1n) is 4.42. The number of likely N-dealkylation sites (N-methyl/N-ethyl adjacent to an activating group) is 1. The fourth-order valence-electron chi connectivity index (χ4n) is 1.62. The number of nitrogens with zero attached hydrogens (tertiary/aromatic N) is 1. The molecule has 0 unspecified atom stereocenters. The number of rotatable bonds is 2. The maximum atomic E-state index is 11.3. The Morgan fingerprint density at radius 2 is 2.21 bits per heavy atom. The third-order valence-electron chi connectivity index (χ3n) is 2.30. The first-order chi connectivity index (χ1) is 6.20. The molecule has 1 heterocycles. The molecule has 0 aromatic rings. The summed E-state index contributed by atoms with van der Waals surface area (Å²) in [4.78, 5) is 24.1. The highest BCUT2D eigenvalue weighted by atomic mass is 35.5. The van der Waals surface area contributed by atoms with Crippen molar-refractivity contribution in [1.82, 2.24) is 10.2 Å². The van der Waals surface area contributed by atoms with Crippen molar-refractivity contribution < 1.29 is 9.59 Å². The van der Waals surface area contributed by atoms with Gasteiger partial charge in [-0.25, -0.2) is 0 Å².